The predicted octanol–water partition coefficient (Wildman–Crippen LogP) is 0.00710. The summed E-state index contributed by atoms with van der Waals surface area (Å²) in [6.07, 6.45) is 1.27. The van der Waals surface area contributed by atoms with Crippen LogP contribution in [0.2, 0.25) is 0 Å². The normalized spacial score (nSPS) is 14.6. The zero-order chi connectivity index (χ0) is 11.2. The van der Waals surface area contributed by atoms with Gasteiger partial charge in [0.05, 0.1) is 5.25 Å². The molecule has 0 aliphatic heterocycles. The van der Waals surface area contributed by atoms with Crippen LogP contribution in [0.4, 0.5) is 0 Å². The highest BCUT2D eigenvalue weighted by molar-refractivity contribution is 7.91. The third-order valence-electron chi connectivity index (χ3n) is 2.02. The highest BCUT2D eigenvalue weighted by Crippen LogP contribution is 1.94. The van der Waals surface area contributed by atoms with Crippen molar-refractivity contribution < 1.29 is 8.42 Å². The summed E-state index contributed by atoms with van der Waals surface area (Å²) < 4.78 is 22.1. The van der Waals surface area contributed by atoms with Crippen LogP contribution in [-0.4, -0.2) is 45.6 Å². The maximum Gasteiger partial charge on any atom is 0.151 e. The van der Waals surface area contributed by atoms with Crippen LogP contribution in [0.25, 0.3) is 0 Å². The third kappa shape index (κ3) is 7.29. The molecule has 0 bridgehead atoms. The van der Waals surface area contributed by atoms with E-state index in [1.807, 2.05) is 0 Å². The standard InChI is InChI=1S/C9H22N2O2S/c1-8(2)11-6-5-10-7-9(3)14(4,12)13/h8-11H,5-7H2,1-4H3. The Hall–Kier alpha value is -0.130. The molecule has 86 valence electrons. The smallest absolute Gasteiger partial charge is 0.151 e. The average molecular weight is 222 g/mol. The molecule has 0 saturated carbocycles. The zero-order valence-corrected chi connectivity index (χ0v) is 10.3. The Morgan fingerprint density at radius 1 is 1.14 bits per heavy atom. The summed E-state index contributed by atoms with van der Waals surface area (Å²) in [4.78, 5) is 0. The molecule has 0 rings (SSSR count). The number of sulfone groups is 1. The van der Waals surface area contributed by atoms with Gasteiger partial charge < -0.3 is 10.6 Å². The molecular weight excluding hydrogens is 200 g/mol. The van der Waals surface area contributed by atoms with Crippen LogP contribution in [0.3, 0.4) is 0 Å². The summed E-state index contributed by atoms with van der Waals surface area (Å²) in [6, 6.07) is 0.476. The molecule has 14 heavy (non-hydrogen) atoms. The topological polar surface area (TPSA) is 58.2 Å². The molecule has 0 radical (unpaired) electrons. The first kappa shape index (κ1) is 13.9. The molecule has 2 N–H and O–H groups in total. The molecule has 0 aliphatic carbocycles. The first-order chi connectivity index (χ1) is 6.34. The van der Waals surface area contributed by atoms with Gasteiger partial charge in [-0.25, -0.2) is 8.42 Å². The Kier molecular flexibility index (Phi) is 6.31. The lowest BCUT2D eigenvalue weighted by Gasteiger charge is -2.12. The van der Waals surface area contributed by atoms with E-state index in [9.17, 15) is 8.42 Å². The van der Waals surface area contributed by atoms with Gasteiger partial charge >= 0.3 is 0 Å². The molecule has 0 spiro atoms. The van der Waals surface area contributed by atoms with Crippen molar-refractivity contribution in [2.75, 3.05) is 25.9 Å². The largest absolute Gasteiger partial charge is 0.314 e. The first-order valence-electron chi connectivity index (χ1n) is 4.97. The highest BCUT2D eigenvalue weighted by Gasteiger charge is 2.13. The summed E-state index contributed by atoms with van der Waals surface area (Å²) in [5, 5.41) is 6.05. The van der Waals surface area contributed by atoms with E-state index in [1.165, 1.54) is 6.26 Å². The predicted molar refractivity (Wildman–Crippen MR) is 60.3 cm³/mol. The summed E-state index contributed by atoms with van der Waals surface area (Å²) >= 11 is 0. The van der Waals surface area contributed by atoms with Gasteiger partial charge in [-0.05, 0) is 6.92 Å². The van der Waals surface area contributed by atoms with Crippen molar-refractivity contribution >= 4 is 9.84 Å². The average Bonchev–Trinajstić information content (AvgIpc) is 2.01. The van der Waals surface area contributed by atoms with Gasteiger partial charge in [-0.2, -0.15) is 0 Å². The maximum atomic E-state index is 11.0. The third-order valence-corrected chi connectivity index (χ3v) is 3.65. The van der Waals surface area contributed by atoms with Crippen LogP contribution in [-0.2, 0) is 9.84 Å². The van der Waals surface area contributed by atoms with E-state index in [4.69, 9.17) is 0 Å². The van der Waals surface area contributed by atoms with Crippen molar-refractivity contribution in [2.45, 2.75) is 32.1 Å². The van der Waals surface area contributed by atoms with Gasteiger partial charge in [0.25, 0.3) is 0 Å². The highest BCUT2D eigenvalue weighted by atomic mass is 32.2. The van der Waals surface area contributed by atoms with Crippen molar-refractivity contribution in [2.24, 2.45) is 0 Å². The van der Waals surface area contributed by atoms with E-state index >= 15 is 0 Å². The van der Waals surface area contributed by atoms with Crippen molar-refractivity contribution in [3.8, 4) is 0 Å². The zero-order valence-electron chi connectivity index (χ0n) is 9.50. The second-order valence-corrected chi connectivity index (χ2v) is 6.42. The number of hydrogen-bond donors (Lipinski definition) is 2. The van der Waals surface area contributed by atoms with Gasteiger partial charge in [-0.15, -0.1) is 0 Å². The first-order valence-corrected chi connectivity index (χ1v) is 6.92. The molecule has 1 atom stereocenters. The lowest BCUT2D eigenvalue weighted by Crippen LogP contribution is -2.36. The van der Waals surface area contributed by atoms with E-state index < -0.39 is 9.84 Å². The van der Waals surface area contributed by atoms with E-state index in [0.717, 1.165) is 13.1 Å². The van der Waals surface area contributed by atoms with Crippen LogP contribution in [0.15, 0.2) is 0 Å². The molecule has 4 nitrogen and oxygen atoms in total. The molecule has 0 amide bonds. The van der Waals surface area contributed by atoms with Crippen molar-refractivity contribution in [3.63, 3.8) is 0 Å². The lowest BCUT2D eigenvalue weighted by atomic mass is 10.4. The summed E-state index contributed by atoms with van der Waals surface area (Å²) in [7, 11) is -2.89. The van der Waals surface area contributed by atoms with Gasteiger partial charge in [-0.1, -0.05) is 13.8 Å². The monoisotopic (exact) mass is 222 g/mol. The summed E-state index contributed by atoms with van der Waals surface area (Å²) in [5.41, 5.74) is 0. The molecule has 0 saturated heterocycles. The van der Waals surface area contributed by atoms with Gasteiger partial charge in [-0.3, -0.25) is 0 Å². The van der Waals surface area contributed by atoms with E-state index in [0.29, 0.717) is 12.6 Å². The van der Waals surface area contributed by atoms with Crippen molar-refractivity contribution in [1.82, 2.24) is 10.6 Å². The Morgan fingerprint density at radius 3 is 2.14 bits per heavy atom. The summed E-state index contributed by atoms with van der Waals surface area (Å²) in [5.74, 6) is 0. The number of hydrogen-bond acceptors (Lipinski definition) is 4. The molecule has 5 heteroatoms. The second kappa shape index (κ2) is 6.37. The number of rotatable bonds is 7. The van der Waals surface area contributed by atoms with Gasteiger partial charge in [0, 0.05) is 31.9 Å². The molecule has 0 heterocycles. The van der Waals surface area contributed by atoms with E-state index in [2.05, 4.69) is 24.5 Å². The number of nitrogens with one attached hydrogen (secondary N) is 2. The minimum absolute atomic E-state index is 0.304. The van der Waals surface area contributed by atoms with Gasteiger partial charge in [0.2, 0.25) is 0 Å². The Morgan fingerprint density at radius 2 is 1.71 bits per heavy atom. The lowest BCUT2D eigenvalue weighted by molar-refractivity contribution is 0.545. The van der Waals surface area contributed by atoms with Crippen molar-refractivity contribution in [3.05, 3.63) is 0 Å². The minimum Gasteiger partial charge on any atom is -0.314 e. The van der Waals surface area contributed by atoms with Gasteiger partial charge in [0.1, 0.15) is 0 Å². The molecular formula is C9H22N2O2S. The molecule has 0 aromatic rings. The molecule has 0 aliphatic rings. The van der Waals surface area contributed by atoms with Crippen LogP contribution in [0, 0.1) is 0 Å². The minimum atomic E-state index is -2.89. The van der Waals surface area contributed by atoms with Crippen LogP contribution >= 0.6 is 0 Å². The molecule has 1 unspecified atom stereocenters. The van der Waals surface area contributed by atoms with Crippen LogP contribution < -0.4 is 10.6 Å². The molecule has 0 aromatic carbocycles. The van der Waals surface area contributed by atoms with Crippen LogP contribution in [0.1, 0.15) is 20.8 Å². The maximum absolute atomic E-state index is 11.0. The fourth-order valence-electron chi connectivity index (χ4n) is 0.906. The van der Waals surface area contributed by atoms with E-state index in [1.54, 1.807) is 6.92 Å². The van der Waals surface area contributed by atoms with Crippen LogP contribution in [0.5, 0.6) is 0 Å². The molecule has 0 aromatic heterocycles. The Labute approximate surface area is 87.4 Å². The fraction of sp³-hybridized carbons (Fsp3) is 1.00. The van der Waals surface area contributed by atoms with Gasteiger partial charge in [0.15, 0.2) is 9.84 Å². The summed E-state index contributed by atoms with van der Waals surface area (Å²) in [6.45, 7) is 8.08. The molecule has 0 fully saturated rings. The Bertz CT molecular complexity index is 237. The SMILES string of the molecule is CC(C)NCCNCC(C)S(C)(=O)=O. The fourth-order valence-corrected chi connectivity index (χ4v) is 1.33. The quantitative estimate of drug-likeness (QED) is 0.596. The van der Waals surface area contributed by atoms with E-state index in [-0.39, 0.29) is 5.25 Å². The van der Waals surface area contributed by atoms with Crippen molar-refractivity contribution in [1.29, 1.82) is 0 Å². The second-order valence-electron chi connectivity index (χ2n) is 3.95. The Balaban J connectivity index is 3.46.